The van der Waals surface area contributed by atoms with Gasteiger partial charge < -0.3 is 15.3 Å². The van der Waals surface area contributed by atoms with Crippen LogP contribution in [0.4, 0.5) is 5.69 Å². The van der Waals surface area contributed by atoms with Crippen LogP contribution in [0.15, 0.2) is 23.1 Å². The molecule has 26 heavy (non-hydrogen) atoms. The average Bonchev–Trinajstić information content (AvgIpc) is 3.30. The molecular formula is C18H19ClN2O4S. The van der Waals surface area contributed by atoms with Crippen LogP contribution < -0.4 is 5.32 Å². The molecule has 2 fully saturated rings. The Balaban J connectivity index is 1.35. The van der Waals surface area contributed by atoms with Gasteiger partial charge in [-0.1, -0.05) is 11.6 Å². The number of nitrogens with zero attached hydrogens (tertiary/aromatic N) is 1. The molecule has 2 heterocycles. The van der Waals surface area contributed by atoms with Gasteiger partial charge in [-0.2, -0.15) is 0 Å². The smallest absolute Gasteiger partial charge is 0.307 e. The number of carbonyl (C=O) groups is 3. The summed E-state index contributed by atoms with van der Waals surface area (Å²) in [7, 11) is 0. The number of benzene rings is 1. The molecule has 4 rings (SSSR count). The molecule has 1 saturated heterocycles. The van der Waals surface area contributed by atoms with Crippen molar-refractivity contribution in [2.75, 3.05) is 18.4 Å². The van der Waals surface area contributed by atoms with Crippen molar-refractivity contribution < 1.29 is 19.5 Å². The van der Waals surface area contributed by atoms with Crippen LogP contribution >= 0.6 is 23.4 Å². The number of rotatable bonds is 3. The maximum absolute atomic E-state index is 12.6. The summed E-state index contributed by atoms with van der Waals surface area (Å²) in [5.74, 6) is -1.20. The van der Waals surface area contributed by atoms with Crippen molar-refractivity contribution in [1.82, 2.24) is 4.90 Å². The molecule has 1 aromatic carbocycles. The molecule has 2 atom stereocenters. The summed E-state index contributed by atoms with van der Waals surface area (Å²) in [6.07, 6.45) is 2.35. The second kappa shape index (κ2) is 6.46. The van der Waals surface area contributed by atoms with Crippen LogP contribution in [0.2, 0.25) is 5.02 Å². The number of nitrogens with one attached hydrogen (secondary N) is 1. The predicted octanol–water partition coefficient (Wildman–Crippen LogP) is 2.86. The lowest BCUT2D eigenvalue weighted by Gasteiger charge is -2.34. The lowest BCUT2D eigenvalue weighted by molar-refractivity contribution is -0.140. The van der Waals surface area contributed by atoms with Crippen molar-refractivity contribution in [3.05, 3.63) is 23.2 Å². The van der Waals surface area contributed by atoms with Gasteiger partial charge in [-0.05, 0) is 42.9 Å². The van der Waals surface area contributed by atoms with E-state index in [0.29, 0.717) is 23.8 Å². The number of anilines is 1. The minimum Gasteiger partial charge on any atom is -0.481 e. The van der Waals surface area contributed by atoms with E-state index < -0.39 is 11.2 Å². The molecule has 1 aliphatic carbocycles. The fourth-order valence-electron chi connectivity index (χ4n) is 4.00. The molecule has 6 nitrogen and oxygen atoms in total. The highest BCUT2D eigenvalue weighted by Gasteiger charge is 2.59. The summed E-state index contributed by atoms with van der Waals surface area (Å²) in [5.41, 5.74) is 0.585. The zero-order valence-electron chi connectivity index (χ0n) is 14.0. The van der Waals surface area contributed by atoms with Crippen LogP contribution in [0, 0.1) is 11.3 Å². The summed E-state index contributed by atoms with van der Waals surface area (Å²) >= 11 is 7.33. The lowest BCUT2D eigenvalue weighted by Crippen LogP contribution is -2.42. The third-order valence-corrected chi connectivity index (χ3v) is 7.23. The van der Waals surface area contributed by atoms with Crippen LogP contribution in [0.3, 0.4) is 0 Å². The molecule has 2 aliphatic heterocycles. The van der Waals surface area contributed by atoms with E-state index in [1.165, 1.54) is 11.8 Å². The van der Waals surface area contributed by atoms with E-state index in [9.17, 15) is 14.4 Å². The Morgan fingerprint density at radius 1 is 1.35 bits per heavy atom. The molecule has 0 aromatic heterocycles. The van der Waals surface area contributed by atoms with Crippen molar-refractivity contribution in [2.45, 2.75) is 35.8 Å². The Hall–Kier alpha value is -1.73. The van der Waals surface area contributed by atoms with Gasteiger partial charge in [0, 0.05) is 29.4 Å². The number of carboxylic acids is 1. The van der Waals surface area contributed by atoms with Gasteiger partial charge in [-0.3, -0.25) is 14.4 Å². The molecule has 3 aliphatic rings. The minimum absolute atomic E-state index is 0.0440. The van der Waals surface area contributed by atoms with Gasteiger partial charge in [0.05, 0.1) is 16.9 Å². The Kier molecular flexibility index (Phi) is 4.39. The SMILES string of the molecule is O=C1Nc2cc(Cl)ccc2SC1CC(=O)N1CCC2(CC1)CC2C(=O)O. The van der Waals surface area contributed by atoms with Crippen molar-refractivity contribution in [3.63, 3.8) is 0 Å². The Morgan fingerprint density at radius 3 is 2.73 bits per heavy atom. The summed E-state index contributed by atoms with van der Waals surface area (Å²) in [4.78, 5) is 38.7. The molecule has 2 N–H and O–H groups in total. The second-order valence-corrected chi connectivity index (χ2v) is 8.96. The molecule has 0 bridgehead atoms. The number of hydrogen-bond donors (Lipinski definition) is 2. The van der Waals surface area contributed by atoms with Gasteiger partial charge in [0.1, 0.15) is 0 Å². The van der Waals surface area contributed by atoms with E-state index in [4.69, 9.17) is 16.7 Å². The molecule has 1 spiro atoms. The van der Waals surface area contributed by atoms with Crippen LogP contribution in [0.25, 0.3) is 0 Å². The number of halogens is 1. The zero-order valence-corrected chi connectivity index (χ0v) is 15.6. The van der Waals surface area contributed by atoms with Gasteiger partial charge >= 0.3 is 5.97 Å². The predicted molar refractivity (Wildman–Crippen MR) is 98.3 cm³/mol. The van der Waals surface area contributed by atoms with Crippen LogP contribution in [0.5, 0.6) is 0 Å². The maximum Gasteiger partial charge on any atom is 0.307 e. The largest absolute Gasteiger partial charge is 0.481 e. The lowest BCUT2D eigenvalue weighted by atomic mass is 9.90. The number of carbonyl (C=O) groups excluding carboxylic acids is 2. The fraction of sp³-hybridized carbons (Fsp3) is 0.500. The van der Waals surface area contributed by atoms with Gasteiger partial charge in [-0.15, -0.1) is 11.8 Å². The molecular weight excluding hydrogens is 376 g/mol. The Bertz CT molecular complexity index is 791. The Morgan fingerprint density at radius 2 is 2.08 bits per heavy atom. The number of aliphatic carboxylic acids is 1. The summed E-state index contributed by atoms with van der Waals surface area (Å²) in [5, 5.41) is 12.1. The van der Waals surface area contributed by atoms with Gasteiger partial charge in [0.15, 0.2) is 0 Å². The third-order valence-electron chi connectivity index (χ3n) is 5.72. The van der Waals surface area contributed by atoms with E-state index in [-0.39, 0.29) is 29.6 Å². The Labute approximate surface area is 160 Å². The first kappa shape index (κ1) is 17.7. The maximum atomic E-state index is 12.6. The third kappa shape index (κ3) is 3.18. The summed E-state index contributed by atoms with van der Waals surface area (Å²) in [6.45, 7) is 1.15. The van der Waals surface area contributed by atoms with E-state index in [1.807, 2.05) is 6.07 Å². The topological polar surface area (TPSA) is 86.7 Å². The number of fused-ring (bicyclic) bond motifs is 1. The normalized spacial score (nSPS) is 26.2. The van der Waals surface area contributed by atoms with Crippen molar-refractivity contribution in [1.29, 1.82) is 0 Å². The van der Waals surface area contributed by atoms with Crippen LogP contribution in [-0.2, 0) is 14.4 Å². The number of likely N-dealkylation sites (tertiary alicyclic amines) is 1. The van der Waals surface area contributed by atoms with Crippen molar-refractivity contribution in [2.24, 2.45) is 11.3 Å². The van der Waals surface area contributed by atoms with Gasteiger partial charge in [0.25, 0.3) is 0 Å². The molecule has 2 amide bonds. The molecule has 1 aromatic rings. The number of hydrogen-bond acceptors (Lipinski definition) is 4. The monoisotopic (exact) mass is 394 g/mol. The standard InChI is InChI=1S/C18H19ClN2O4S/c19-10-1-2-13-12(7-10)20-16(23)14(26-13)8-15(22)21-5-3-18(4-6-21)9-11(18)17(24)25/h1-2,7,11,14H,3-6,8-9H2,(H,20,23)(H,24,25). The number of amides is 2. The molecule has 138 valence electrons. The summed E-state index contributed by atoms with van der Waals surface area (Å²) < 4.78 is 0. The second-order valence-electron chi connectivity index (χ2n) is 7.28. The van der Waals surface area contributed by atoms with E-state index in [1.54, 1.807) is 17.0 Å². The van der Waals surface area contributed by atoms with Crippen molar-refractivity contribution in [3.8, 4) is 0 Å². The number of carboxylic acid groups (broad SMARTS) is 1. The van der Waals surface area contributed by atoms with Crippen LogP contribution in [0.1, 0.15) is 25.7 Å². The van der Waals surface area contributed by atoms with E-state index in [2.05, 4.69) is 5.32 Å². The highest BCUT2D eigenvalue weighted by atomic mass is 35.5. The molecule has 0 radical (unpaired) electrons. The molecule has 2 unspecified atom stereocenters. The minimum atomic E-state index is -0.723. The first-order valence-corrected chi connectivity index (χ1v) is 9.91. The molecule has 1 saturated carbocycles. The van der Waals surface area contributed by atoms with Gasteiger partial charge in [0.2, 0.25) is 11.8 Å². The number of thioether (sulfide) groups is 1. The highest BCUT2D eigenvalue weighted by Crippen LogP contribution is 2.59. The number of piperidine rings is 1. The van der Waals surface area contributed by atoms with Crippen LogP contribution in [-0.4, -0.2) is 46.1 Å². The average molecular weight is 395 g/mol. The van der Waals surface area contributed by atoms with E-state index >= 15 is 0 Å². The van der Waals surface area contributed by atoms with Gasteiger partial charge in [-0.25, -0.2) is 0 Å². The van der Waals surface area contributed by atoms with Crippen molar-refractivity contribution >= 4 is 46.8 Å². The quantitative estimate of drug-likeness (QED) is 0.823. The highest BCUT2D eigenvalue weighted by molar-refractivity contribution is 8.01. The zero-order chi connectivity index (χ0) is 18.5. The first-order chi connectivity index (χ1) is 12.4. The summed E-state index contributed by atoms with van der Waals surface area (Å²) in [6, 6.07) is 5.32. The molecule has 8 heteroatoms. The van der Waals surface area contributed by atoms with E-state index in [0.717, 1.165) is 24.2 Å². The first-order valence-electron chi connectivity index (χ1n) is 8.66. The fourth-order valence-corrected chi connectivity index (χ4v) is 5.25.